The molecule has 0 saturated carbocycles. The summed E-state index contributed by atoms with van der Waals surface area (Å²) in [7, 11) is -3.44. The van der Waals surface area contributed by atoms with Crippen LogP contribution in [0.5, 0.6) is 0 Å². The van der Waals surface area contributed by atoms with E-state index in [0.717, 1.165) is 31.4 Å². The lowest BCUT2D eigenvalue weighted by Gasteiger charge is -2.31. The number of sulfonamides is 1. The Morgan fingerprint density at radius 2 is 1.65 bits per heavy atom. The average Bonchev–Trinajstić information content (AvgIpc) is 3.04. The monoisotopic (exact) mass is 449 g/mol. The van der Waals surface area contributed by atoms with Crippen LogP contribution in [0.4, 0.5) is 0 Å². The van der Waals surface area contributed by atoms with E-state index in [-0.39, 0.29) is 11.8 Å². The highest BCUT2D eigenvalue weighted by molar-refractivity contribution is 7.89. The molecule has 2 heterocycles. The molecular weight excluding hydrogens is 410 g/mol. The van der Waals surface area contributed by atoms with E-state index in [2.05, 4.69) is 17.1 Å². The predicted molar refractivity (Wildman–Crippen MR) is 124 cm³/mol. The fourth-order valence-electron chi connectivity index (χ4n) is 4.69. The molecule has 1 atom stereocenters. The summed E-state index contributed by atoms with van der Waals surface area (Å²) in [5.74, 6) is 0.357. The molecule has 1 aromatic rings. The van der Waals surface area contributed by atoms with Crippen molar-refractivity contribution in [3.8, 4) is 0 Å². The minimum atomic E-state index is -3.44. The molecule has 0 bridgehead atoms. The summed E-state index contributed by atoms with van der Waals surface area (Å²) < 4.78 is 27.2. The number of rotatable bonds is 8. The SMILES string of the molecule is Cc1ccc(S(=O)(=O)N2CCC(CC(=O)NCC[C@@H](C)N3CCCCCC3)CC2)cc1. The van der Waals surface area contributed by atoms with Crippen LogP contribution in [0, 0.1) is 12.8 Å². The van der Waals surface area contributed by atoms with Gasteiger partial charge in [-0.05, 0) is 77.1 Å². The molecule has 1 aromatic carbocycles. The van der Waals surface area contributed by atoms with Crippen LogP contribution in [0.1, 0.15) is 63.9 Å². The Kier molecular flexibility index (Phi) is 8.93. The van der Waals surface area contributed by atoms with Gasteiger partial charge in [0.05, 0.1) is 4.90 Å². The standard InChI is InChI=1S/C24H39N3O3S/c1-20-7-9-23(10-8-20)31(29,30)27-17-12-22(13-18-27)19-24(28)25-14-11-21(2)26-15-5-3-4-6-16-26/h7-10,21-22H,3-6,11-19H2,1-2H3,(H,25,28)/t21-/m1/s1. The number of aryl methyl sites for hydroxylation is 1. The topological polar surface area (TPSA) is 69.7 Å². The minimum absolute atomic E-state index is 0.0999. The van der Waals surface area contributed by atoms with Crippen LogP contribution in [0.15, 0.2) is 29.2 Å². The van der Waals surface area contributed by atoms with Crippen molar-refractivity contribution >= 4 is 15.9 Å². The zero-order valence-electron chi connectivity index (χ0n) is 19.2. The van der Waals surface area contributed by atoms with Crippen molar-refractivity contribution in [1.29, 1.82) is 0 Å². The maximum Gasteiger partial charge on any atom is 0.243 e. The van der Waals surface area contributed by atoms with E-state index >= 15 is 0 Å². The van der Waals surface area contributed by atoms with Crippen LogP contribution in [-0.4, -0.2) is 62.3 Å². The number of carbonyl (C=O) groups excluding carboxylic acids is 1. The molecule has 6 nitrogen and oxygen atoms in total. The predicted octanol–water partition coefficient (Wildman–Crippen LogP) is 3.56. The van der Waals surface area contributed by atoms with E-state index in [9.17, 15) is 13.2 Å². The van der Waals surface area contributed by atoms with E-state index < -0.39 is 10.0 Å². The van der Waals surface area contributed by atoms with Gasteiger partial charge in [-0.25, -0.2) is 8.42 Å². The fraction of sp³-hybridized carbons (Fsp3) is 0.708. The van der Waals surface area contributed by atoms with Gasteiger partial charge in [-0.3, -0.25) is 4.79 Å². The first-order chi connectivity index (χ1) is 14.9. The Balaban J connectivity index is 1.37. The third-order valence-corrected chi connectivity index (χ3v) is 8.77. The van der Waals surface area contributed by atoms with E-state index in [1.165, 1.54) is 38.8 Å². The minimum Gasteiger partial charge on any atom is -0.356 e. The molecule has 31 heavy (non-hydrogen) atoms. The van der Waals surface area contributed by atoms with Gasteiger partial charge in [0.1, 0.15) is 0 Å². The third kappa shape index (κ3) is 7.02. The first-order valence-corrected chi connectivity index (χ1v) is 13.4. The third-order valence-electron chi connectivity index (χ3n) is 6.85. The molecule has 174 valence electrons. The van der Waals surface area contributed by atoms with Gasteiger partial charge in [0, 0.05) is 32.1 Å². The molecule has 0 spiro atoms. The van der Waals surface area contributed by atoms with E-state index in [4.69, 9.17) is 0 Å². The summed E-state index contributed by atoms with van der Waals surface area (Å²) in [6, 6.07) is 7.52. The molecule has 1 amide bonds. The molecule has 0 unspecified atom stereocenters. The molecule has 2 saturated heterocycles. The number of hydrogen-bond donors (Lipinski definition) is 1. The molecular formula is C24H39N3O3S. The number of piperidine rings is 1. The van der Waals surface area contributed by atoms with Crippen molar-refractivity contribution in [3.05, 3.63) is 29.8 Å². The second-order valence-corrected chi connectivity index (χ2v) is 11.2. The Labute approximate surface area is 188 Å². The molecule has 2 aliphatic rings. The summed E-state index contributed by atoms with van der Waals surface area (Å²) in [6.45, 7) is 8.26. The maximum absolute atomic E-state index is 12.8. The Morgan fingerprint density at radius 3 is 2.26 bits per heavy atom. The number of nitrogens with zero attached hydrogens (tertiary/aromatic N) is 2. The highest BCUT2D eigenvalue weighted by atomic mass is 32.2. The van der Waals surface area contributed by atoms with Crippen molar-refractivity contribution in [2.75, 3.05) is 32.7 Å². The summed E-state index contributed by atoms with van der Waals surface area (Å²) in [5.41, 5.74) is 1.05. The van der Waals surface area contributed by atoms with E-state index in [0.29, 0.717) is 30.4 Å². The van der Waals surface area contributed by atoms with Gasteiger partial charge in [-0.15, -0.1) is 0 Å². The number of carbonyl (C=O) groups is 1. The molecule has 7 heteroatoms. The summed E-state index contributed by atoms with van der Waals surface area (Å²) >= 11 is 0. The van der Waals surface area contributed by atoms with Crippen LogP contribution in [0.3, 0.4) is 0 Å². The second kappa shape index (κ2) is 11.4. The van der Waals surface area contributed by atoms with Gasteiger partial charge >= 0.3 is 0 Å². The normalized spacial score (nSPS) is 20.8. The van der Waals surface area contributed by atoms with Crippen LogP contribution in [-0.2, 0) is 14.8 Å². The van der Waals surface area contributed by atoms with Crippen molar-refractivity contribution in [2.45, 2.75) is 76.2 Å². The lowest BCUT2D eigenvalue weighted by atomic mass is 9.94. The maximum atomic E-state index is 12.8. The smallest absolute Gasteiger partial charge is 0.243 e. The van der Waals surface area contributed by atoms with Gasteiger partial charge in [0.25, 0.3) is 0 Å². The van der Waals surface area contributed by atoms with Crippen molar-refractivity contribution < 1.29 is 13.2 Å². The molecule has 1 N–H and O–H groups in total. The van der Waals surface area contributed by atoms with Crippen LogP contribution in [0.25, 0.3) is 0 Å². The number of benzene rings is 1. The van der Waals surface area contributed by atoms with Crippen LogP contribution < -0.4 is 5.32 Å². The lowest BCUT2D eigenvalue weighted by molar-refractivity contribution is -0.122. The lowest BCUT2D eigenvalue weighted by Crippen LogP contribution is -2.40. The van der Waals surface area contributed by atoms with Gasteiger partial charge in [-0.1, -0.05) is 30.5 Å². The van der Waals surface area contributed by atoms with Gasteiger partial charge < -0.3 is 10.2 Å². The van der Waals surface area contributed by atoms with Crippen molar-refractivity contribution in [3.63, 3.8) is 0 Å². The molecule has 0 radical (unpaired) electrons. The quantitative estimate of drug-likeness (QED) is 0.659. The number of nitrogens with one attached hydrogen (secondary N) is 1. The molecule has 2 aliphatic heterocycles. The average molecular weight is 450 g/mol. The van der Waals surface area contributed by atoms with Crippen LogP contribution >= 0.6 is 0 Å². The Bertz CT molecular complexity index is 794. The van der Waals surface area contributed by atoms with Gasteiger partial charge in [0.15, 0.2) is 0 Å². The zero-order chi connectivity index (χ0) is 22.3. The number of amides is 1. The van der Waals surface area contributed by atoms with E-state index in [1.807, 2.05) is 19.1 Å². The molecule has 0 aromatic heterocycles. The number of hydrogen-bond acceptors (Lipinski definition) is 4. The highest BCUT2D eigenvalue weighted by Gasteiger charge is 2.30. The van der Waals surface area contributed by atoms with Gasteiger partial charge in [0.2, 0.25) is 15.9 Å². The van der Waals surface area contributed by atoms with E-state index in [1.54, 1.807) is 16.4 Å². The van der Waals surface area contributed by atoms with Gasteiger partial charge in [-0.2, -0.15) is 4.31 Å². The first kappa shape index (κ1) is 24.2. The summed E-state index contributed by atoms with van der Waals surface area (Å²) in [6.07, 6.45) is 8.21. The second-order valence-electron chi connectivity index (χ2n) is 9.30. The Morgan fingerprint density at radius 1 is 1.03 bits per heavy atom. The molecule has 2 fully saturated rings. The largest absolute Gasteiger partial charge is 0.356 e. The molecule has 0 aliphatic carbocycles. The first-order valence-electron chi connectivity index (χ1n) is 11.9. The Hall–Kier alpha value is -1.44. The summed E-state index contributed by atoms with van der Waals surface area (Å²) in [4.78, 5) is 15.3. The van der Waals surface area contributed by atoms with Crippen LogP contribution in [0.2, 0.25) is 0 Å². The molecule has 3 rings (SSSR count). The van der Waals surface area contributed by atoms with Crippen molar-refractivity contribution in [2.24, 2.45) is 5.92 Å². The highest BCUT2D eigenvalue weighted by Crippen LogP contribution is 2.26. The van der Waals surface area contributed by atoms with Crippen molar-refractivity contribution in [1.82, 2.24) is 14.5 Å². The summed E-state index contributed by atoms with van der Waals surface area (Å²) in [5, 5.41) is 3.09. The fourth-order valence-corrected chi connectivity index (χ4v) is 6.16. The number of likely N-dealkylation sites (tertiary alicyclic amines) is 1. The zero-order valence-corrected chi connectivity index (χ0v) is 20.0.